The summed E-state index contributed by atoms with van der Waals surface area (Å²) < 4.78 is 0. The minimum atomic E-state index is -0.225. The second-order valence-corrected chi connectivity index (χ2v) is 7.34. The molecule has 130 valence electrons. The highest BCUT2D eigenvalue weighted by Gasteiger charge is 2.22. The SMILES string of the molecule is CC(C)c1ccc(C(NC(=O)N(C)C(C)CO)c2cccs2)cc1. The van der Waals surface area contributed by atoms with Crippen molar-refractivity contribution < 1.29 is 9.90 Å². The van der Waals surface area contributed by atoms with E-state index in [1.54, 1.807) is 18.4 Å². The van der Waals surface area contributed by atoms with Crippen molar-refractivity contribution in [2.45, 2.75) is 38.8 Å². The number of nitrogens with one attached hydrogen (secondary N) is 1. The number of urea groups is 1. The van der Waals surface area contributed by atoms with E-state index < -0.39 is 0 Å². The molecule has 2 aromatic rings. The minimum absolute atomic E-state index is 0.0589. The predicted octanol–water partition coefficient (Wildman–Crippen LogP) is 3.98. The van der Waals surface area contributed by atoms with Crippen LogP contribution in [-0.4, -0.2) is 35.7 Å². The number of benzene rings is 1. The molecule has 5 heteroatoms. The molecule has 4 nitrogen and oxygen atoms in total. The van der Waals surface area contributed by atoms with E-state index in [1.165, 1.54) is 10.5 Å². The van der Waals surface area contributed by atoms with E-state index in [4.69, 9.17) is 0 Å². The quantitative estimate of drug-likeness (QED) is 0.831. The van der Waals surface area contributed by atoms with Crippen LogP contribution < -0.4 is 5.32 Å². The van der Waals surface area contributed by atoms with Crippen LogP contribution in [0.5, 0.6) is 0 Å². The summed E-state index contributed by atoms with van der Waals surface area (Å²) in [5.74, 6) is 0.477. The molecule has 2 atom stereocenters. The minimum Gasteiger partial charge on any atom is -0.394 e. The topological polar surface area (TPSA) is 52.6 Å². The summed E-state index contributed by atoms with van der Waals surface area (Å²) in [5.41, 5.74) is 2.33. The molecule has 1 aromatic heterocycles. The van der Waals surface area contributed by atoms with Crippen LogP contribution >= 0.6 is 11.3 Å². The molecule has 0 bridgehead atoms. The third kappa shape index (κ3) is 4.36. The van der Waals surface area contributed by atoms with Crippen molar-refractivity contribution in [2.24, 2.45) is 0 Å². The number of aliphatic hydroxyl groups excluding tert-OH is 1. The van der Waals surface area contributed by atoms with Gasteiger partial charge in [0.25, 0.3) is 0 Å². The van der Waals surface area contributed by atoms with Crippen LogP contribution in [0, 0.1) is 0 Å². The Labute approximate surface area is 148 Å². The molecule has 0 spiro atoms. The lowest BCUT2D eigenvalue weighted by Crippen LogP contribution is -2.45. The number of likely N-dealkylation sites (N-methyl/N-ethyl adjacent to an activating group) is 1. The first-order valence-corrected chi connectivity index (χ1v) is 9.09. The lowest BCUT2D eigenvalue weighted by molar-refractivity contribution is 0.156. The van der Waals surface area contributed by atoms with Gasteiger partial charge in [0.15, 0.2) is 0 Å². The van der Waals surface area contributed by atoms with Crippen molar-refractivity contribution >= 4 is 17.4 Å². The van der Waals surface area contributed by atoms with Gasteiger partial charge in [0.1, 0.15) is 0 Å². The number of rotatable bonds is 6. The molecule has 0 saturated carbocycles. The molecule has 1 aromatic carbocycles. The molecule has 2 rings (SSSR count). The van der Waals surface area contributed by atoms with Crippen LogP contribution in [0.1, 0.15) is 48.7 Å². The van der Waals surface area contributed by atoms with Gasteiger partial charge in [0, 0.05) is 11.9 Å². The van der Waals surface area contributed by atoms with Gasteiger partial charge >= 0.3 is 6.03 Å². The van der Waals surface area contributed by atoms with Crippen LogP contribution in [0.25, 0.3) is 0 Å². The van der Waals surface area contributed by atoms with E-state index in [1.807, 2.05) is 24.4 Å². The van der Waals surface area contributed by atoms with E-state index >= 15 is 0 Å². The van der Waals surface area contributed by atoms with Gasteiger partial charge < -0.3 is 15.3 Å². The lowest BCUT2D eigenvalue weighted by Gasteiger charge is -2.27. The third-order valence-electron chi connectivity index (χ3n) is 4.28. The highest BCUT2D eigenvalue weighted by Crippen LogP contribution is 2.27. The fraction of sp³-hybridized carbons (Fsp3) is 0.421. The number of nitrogens with zero attached hydrogens (tertiary/aromatic N) is 1. The molecular formula is C19H26N2O2S. The summed E-state index contributed by atoms with van der Waals surface area (Å²) in [6.45, 7) is 6.09. The molecule has 2 amide bonds. The van der Waals surface area contributed by atoms with Crippen LogP contribution in [0.2, 0.25) is 0 Å². The molecule has 2 N–H and O–H groups in total. The maximum absolute atomic E-state index is 12.5. The Morgan fingerprint density at radius 2 is 1.79 bits per heavy atom. The summed E-state index contributed by atoms with van der Waals surface area (Å²) in [6.07, 6.45) is 0. The number of carbonyl (C=O) groups is 1. The van der Waals surface area contributed by atoms with Crippen molar-refractivity contribution in [3.8, 4) is 0 Å². The van der Waals surface area contributed by atoms with Gasteiger partial charge in [-0.2, -0.15) is 0 Å². The summed E-state index contributed by atoms with van der Waals surface area (Å²) in [5, 5.41) is 14.3. The number of hydrogen-bond acceptors (Lipinski definition) is 3. The van der Waals surface area contributed by atoms with E-state index in [9.17, 15) is 9.90 Å². The highest BCUT2D eigenvalue weighted by molar-refractivity contribution is 7.10. The van der Waals surface area contributed by atoms with Crippen LogP contribution in [-0.2, 0) is 0 Å². The molecule has 24 heavy (non-hydrogen) atoms. The fourth-order valence-corrected chi connectivity index (χ4v) is 3.20. The predicted molar refractivity (Wildman–Crippen MR) is 99.5 cm³/mol. The lowest BCUT2D eigenvalue weighted by atomic mass is 9.98. The first-order chi connectivity index (χ1) is 11.4. The zero-order chi connectivity index (χ0) is 17.7. The van der Waals surface area contributed by atoms with Crippen molar-refractivity contribution in [1.29, 1.82) is 0 Å². The van der Waals surface area contributed by atoms with Gasteiger partial charge in [-0.05, 0) is 35.4 Å². The Morgan fingerprint density at radius 3 is 2.29 bits per heavy atom. The number of carbonyl (C=O) groups excluding carboxylic acids is 1. The standard InChI is InChI=1S/C19H26N2O2S/c1-13(2)15-7-9-16(10-8-15)18(17-6-5-11-24-17)20-19(23)21(4)14(3)12-22/h5-11,13-14,18,22H,12H2,1-4H3,(H,20,23). The summed E-state index contributed by atoms with van der Waals surface area (Å²) in [6, 6.07) is 11.8. The van der Waals surface area contributed by atoms with E-state index in [-0.39, 0.29) is 24.7 Å². The van der Waals surface area contributed by atoms with E-state index in [0.717, 1.165) is 10.4 Å². The smallest absolute Gasteiger partial charge is 0.318 e. The largest absolute Gasteiger partial charge is 0.394 e. The molecule has 0 aliphatic heterocycles. The van der Waals surface area contributed by atoms with Crippen molar-refractivity contribution in [3.63, 3.8) is 0 Å². The normalized spacial score (nSPS) is 13.6. The average Bonchev–Trinajstić information content (AvgIpc) is 3.12. The Balaban J connectivity index is 2.24. The van der Waals surface area contributed by atoms with Crippen molar-refractivity contribution in [3.05, 3.63) is 57.8 Å². The maximum atomic E-state index is 12.5. The van der Waals surface area contributed by atoms with Crippen molar-refractivity contribution in [2.75, 3.05) is 13.7 Å². The number of aliphatic hydroxyl groups is 1. The third-order valence-corrected chi connectivity index (χ3v) is 5.21. The Morgan fingerprint density at radius 1 is 1.17 bits per heavy atom. The van der Waals surface area contributed by atoms with E-state index in [2.05, 4.69) is 43.4 Å². The Bertz CT molecular complexity index is 638. The van der Waals surface area contributed by atoms with Gasteiger partial charge in [0.05, 0.1) is 18.7 Å². The van der Waals surface area contributed by atoms with Gasteiger partial charge in [0.2, 0.25) is 0 Å². The second kappa shape index (κ2) is 8.31. The number of amides is 2. The molecule has 1 heterocycles. The van der Waals surface area contributed by atoms with Crippen LogP contribution in [0.15, 0.2) is 41.8 Å². The molecule has 0 fully saturated rings. The Hall–Kier alpha value is -1.85. The first kappa shape index (κ1) is 18.5. The summed E-state index contributed by atoms with van der Waals surface area (Å²) in [7, 11) is 1.70. The maximum Gasteiger partial charge on any atom is 0.318 e. The van der Waals surface area contributed by atoms with Gasteiger partial charge in [-0.15, -0.1) is 11.3 Å². The molecule has 0 aliphatic carbocycles. The summed E-state index contributed by atoms with van der Waals surface area (Å²) >= 11 is 1.62. The molecule has 0 radical (unpaired) electrons. The van der Waals surface area contributed by atoms with Crippen LogP contribution in [0.4, 0.5) is 4.79 Å². The average molecular weight is 346 g/mol. The summed E-state index contributed by atoms with van der Waals surface area (Å²) in [4.78, 5) is 15.1. The molecule has 2 unspecified atom stereocenters. The molecule has 0 saturated heterocycles. The molecular weight excluding hydrogens is 320 g/mol. The van der Waals surface area contributed by atoms with Gasteiger partial charge in [-0.3, -0.25) is 0 Å². The monoisotopic (exact) mass is 346 g/mol. The zero-order valence-electron chi connectivity index (χ0n) is 14.7. The number of hydrogen-bond donors (Lipinski definition) is 2. The van der Waals surface area contributed by atoms with Gasteiger partial charge in [-0.1, -0.05) is 44.2 Å². The highest BCUT2D eigenvalue weighted by atomic mass is 32.1. The van der Waals surface area contributed by atoms with Crippen molar-refractivity contribution in [1.82, 2.24) is 10.2 Å². The fourth-order valence-electron chi connectivity index (χ4n) is 2.40. The second-order valence-electron chi connectivity index (χ2n) is 6.36. The first-order valence-electron chi connectivity index (χ1n) is 8.21. The Kier molecular flexibility index (Phi) is 6.40. The molecule has 0 aliphatic rings. The van der Waals surface area contributed by atoms with Crippen LogP contribution in [0.3, 0.4) is 0 Å². The van der Waals surface area contributed by atoms with Gasteiger partial charge in [-0.25, -0.2) is 4.79 Å². The van der Waals surface area contributed by atoms with E-state index in [0.29, 0.717) is 5.92 Å². The zero-order valence-corrected chi connectivity index (χ0v) is 15.5. The number of thiophene rings is 1.